The molecule has 0 aliphatic carbocycles. The van der Waals surface area contributed by atoms with Crippen LogP contribution < -0.4 is 9.62 Å². The van der Waals surface area contributed by atoms with Crippen LogP contribution in [0.2, 0.25) is 0 Å². The molecule has 4 aromatic rings. The third-order valence-electron chi connectivity index (χ3n) is 8.38. The van der Waals surface area contributed by atoms with Gasteiger partial charge in [0.05, 0.1) is 4.90 Å². The van der Waals surface area contributed by atoms with Gasteiger partial charge in [0.15, 0.2) is 0 Å². The Labute approximate surface area is 271 Å². The maximum absolute atomic E-state index is 13.9. The Bertz CT molecular complexity index is 1730. The van der Waals surface area contributed by atoms with Crippen molar-refractivity contribution in [3.05, 3.63) is 114 Å². The number of carbonyl (C=O) groups is 2. The van der Waals surface area contributed by atoms with Crippen LogP contribution in [0.3, 0.4) is 0 Å². The van der Waals surface area contributed by atoms with Crippen LogP contribution in [0.1, 0.15) is 36.5 Å². The fourth-order valence-corrected chi connectivity index (χ4v) is 6.55. The highest BCUT2D eigenvalue weighted by molar-refractivity contribution is 7.89. The first-order valence-corrected chi connectivity index (χ1v) is 17.1. The Balaban J connectivity index is 1.44. The molecule has 0 unspecified atom stereocenters. The van der Waals surface area contributed by atoms with Gasteiger partial charge in [-0.3, -0.25) is 19.5 Å². The molecule has 1 aliphatic rings. The van der Waals surface area contributed by atoms with Gasteiger partial charge in [-0.25, -0.2) is 13.1 Å². The lowest BCUT2D eigenvalue weighted by Crippen LogP contribution is -2.38. The van der Waals surface area contributed by atoms with Crippen LogP contribution in [0.5, 0.6) is 0 Å². The third-order valence-corrected chi connectivity index (χ3v) is 9.81. The van der Waals surface area contributed by atoms with Crippen molar-refractivity contribution < 1.29 is 18.0 Å². The van der Waals surface area contributed by atoms with Crippen LogP contribution in [-0.2, 0) is 39.1 Å². The van der Waals surface area contributed by atoms with Gasteiger partial charge in [0.25, 0.3) is 0 Å². The number of benzene rings is 3. The Kier molecular flexibility index (Phi) is 11.0. The molecule has 1 aromatic heterocycles. The Morgan fingerprint density at radius 2 is 1.63 bits per heavy atom. The molecule has 0 fully saturated rings. The van der Waals surface area contributed by atoms with E-state index in [1.54, 1.807) is 37.4 Å². The summed E-state index contributed by atoms with van der Waals surface area (Å²) in [6.45, 7) is 5.28. The molecule has 0 spiro atoms. The highest BCUT2D eigenvalue weighted by Crippen LogP contribution is 2.30. The SMILES string of the molecule is CNS(=O)(=O)c1ccc(CCC(=O)N2CCN(Cc3ccccc3)CCCN(C(C)=O)c3ccc(-c4cccnc4)cc3C2)cc1. The van der Waals surface area contributed by atoms with Crippen LogP contribution in [0.25, 0.3) is 11.1 Å². The van der Waals surface area contributed by atoms with E-state index in [4.69, 9.17) is 0 Å². The van der Waals surface area contributed by atoms with Crippen molar-refractivity contribution in [1.29, 1.82) is 0 Å². The summed E-state index contributed by atoms with van der Waals surface area (Å²) < 4.78 is 26.6. The minimum absolute atomic E-state index is 0.00191. The zero-order valence-corrected chi connectivity index (χ0v) is 27.2. The lowest BCUT2D eigenvalue weighted by Gasteiger charge is -2.28. The normalized spacial score (nSPS) is 14.7. The monoisotopic (exact) mass is 639 g/mol. The van der Waals surface area contributed by atoms with Gasteiger partial charge in [-0.05, 0) is 78.0 Å². The molecular weight excluding hydrogens is 598 g/mol. The molecule has 5 rings (SSSR count). The van der Waals surface area contributed by atoms with Crippen molar-refractivity contribution in [1.82, 2.24) is 19.5 Å². The molecule has 2 heterocycles. The van der Waals surface area contributed by atoms with Crippen LogP contribution in [-0.4, -0.2) is 68.2 Å². The molecule has 1 N–H and O–H groups in total. The molecular formula is C36H41N5O4S. The fourth-order valence-electron chi connectivity index (χ4n) is 5.82. The predicted octanol–water partition coefficient (Wildman–Crippen LogP) is 4.88. The molecule has 1 aliphatic heterocycles. The van der Waals surface area contributed by atoms with Crippen molar-refractivity contribution in [3.63, 3.8) is 0 Å². The number of amides is 2. The lowest BCUT2D eigenvalue weighted by atomic mass is 10.0. The molecule has 0 saturated heterocycles. The second kappa shape index (κ2) is 15.3. The predicted molar refractivity (Wildman–Crippen MR) is 180 cm³/mol. The Hall–Kier alpha value is -4.38. The molecule has 0 radical (unpaired) electrons. The first kappa shape index (κ1) is 33.0. The van der Waals surface area contributed by atoms with Gasteiger partial charge in [-0.1, -0.05) is 54.6 Å². The molecule has 9 nitrogen and oxygen atoms in total. The van der Waals surface area contributed by atoms with Gasteiger partial charge in [-0.2, -0.15) is 0 Å². The van der Waals surface area contributed by atoms with E-state index in [2.05, 4.69) is 32.8 Å². The van der Waals surface area contributed by atoms with Gasteiger partial charge in [-0.15, -0.1) is 0 Å². The minimum Gasteiger partial charge on any atom is -0.337 e. The quantitative estimate of drug-likeness (QED) is 0.295. The summed E-state index contributed by atoms with van der Waals surface area (Å²) in [5, 5.41) is 0. The smallest absolute Gasteiger partial charge is 0.240 e. The zero-order chi connectivity index (χ0) is 32.5. The van der Waals surface area contributed by atoms with Gasteiger partial charge < -0.3 is 9.80 Å². The number of hydrogen-bond donors (Lipinski definition) is 1. The molecule has 240 valence electrons. The summed E-state index contributed by atoms with van der Waals surface area (Å²) >= 11 is 0. The van der Waals surface area contributed by atoms with Crippen molar-refractivity contribution in [2.24, 2.45) is 0 Å². The number of rotatable bonds is 8. The number of nitrogens with one attached hydrogen (secondary N) is 1. The molecule has 2 amide bonds. The summed E-state index contributed by atoms with van der Waals surface area (Å²) in [7, 11) is -2.15. The number of hydrogen-bond acceptors (Lipinski definition) is 6. The third kappa shape index (κ3) is 8.45. The second-order valence-corrected chi connectivity index (χ2v) is 13.4. The molecule has 10 heteroatoms. The van der Waals surface area contributed by atoms with Gasteiger partial charge in [0.1, 0.15) is 0 Å². The number of anilines is 1. The number of aryl methyl sites for hydroxylation is 1. The topological polar surface area (TPSA) is 103 Å². The summed E-state index contributed by atoms with van der Waals surface area (Å²) in [5.74, 6) is -0.0382. The van der Waals surface area contributed by atoms with E-state index in [-0.39, 0.29) is 23.1 Å². The van der Waals surface area contributed by atoms with E-state index in [0.29, 0.717) is 32.6 Å². The first-order valence-electron chi connectivity index (χ1n) is 15.6. The summed E-state index contributed by atoms with van der Waals surface area (Å²) in [6, 6.07) is 26.9. The van der Waals surface area contributed by atoms with E-state index >= 15 is 0 Å². The average molecular weight is 640 g/mol. The van der Waals surface area contributed by atoms with E-state index in [1.807, 2.05) is 58.5 Å². The van der Waals surface area contributed by atoms with E-state index in [9.17, 15) is 18.0 Å². The van der Waals surface area contributed by atoms with E-state index < -0.39 is 10.0 Å². The van der Waals surface area contributed by atoms with Crippen molar-refractivity contribution in [2.45, 2.75) is 44.2 Å². The Morgan fingerprint density at radius 1 is 0.848 bits per heavy atom. The Morgan fingerprint density at radius 3 is 2.33 bits per heavy atom. The molecule has 0 atom stereocenters. The van der Waals surface area contributed by atoms with Gasteiger partial charge in [0, 0.05) is 70.7 Å². The largest absolute Gasteiger partial charge is 0.337 e. The van der Waals surface area contributed by atoms with Gasteiger partial charge >= 0.3 is 0 Å². The molecule has 0 saturated carbocycles. The fraction of sp³-hybridized carbons (Fsp3) is 0.306. The zero-order valence-electron chi connectivity index (χ0n) is 26.4. The van der Waals surface area contributed by atoms with Crippen molar-refractivity contribution >= 4 is 27.5 Å². The number of sulfonamides is 1. The number of aromatic nitrogens is 1. The lowest BCUT2D eigenvalue weighted by molar-refractivity contribution is -0.132. The summed E-state index contributed by atoms with van der Waals surface area (Å²) in [6.07, 6.45) is 5.09. The van der Waals surface area contributed by atoms with Crippen LogP contribution in [0, 0.1) is 0 Å². The van der Waals surface area contributed by atoms with Gasteiger partial charge in [0.2, 0.25) is 21.8 Å². The highest BCUT2D eigenvalue weighted by atomic mass is 32.2. The number of carbonyl (C=O) groups excluding carboxylic acids is 2. The van der Waals surface area contributed by atoms with Crippen molar-refractivity contribution in [3.8, 4) is 11.1 Å². The number of pyridine rings is 1. The van der Waals surface area contributed by atoms with E-state index in [0.717, 1.165) is 47.5 Å². The van der Waals surface area contributed by atoms with Crippen molar-refractivity contribution in [2.75, 3.05) is 38.1 Å². The average Bonchev–Trinajstić information content (AvgIpc) is 3.11. The first-order chi connectivity index (χ1) is 22.2. The second-order valence-electron chi connectivity index (χ2n) is 11.5. The molecule has 0 bridgehead atoms. The highest BCUT2D eigenvalue weighted by Gasteiger charge is 2.23. The maximum atomic E-state index is 13.9. The van der Waals surface area contributed by atoms with Crippen LogP contribution in [0.15, 0.2) is 102 Å². The standard InChI is InChI=1S/C36H41N5O4S/c1-28(42)41-21-7-20-39(26-30-8-4-3-5-9-30)22-23-40(27-33-24-31(14-17-35(33)41)32-10-6-19-38-25-32)36(43)18-13-29-11-15-34(16-12-29)46(44,45)37-2/h3-6,8-12,14-17,19,24-25,37H,7,13,18,20-23,26-27H2,1-2H3. The maximum Gasteiger partial charge on any atom is 0.240 e. The number of fused-ring (bicyclic) bond motifs is 1. The summed E-state index contributed by atoms with van der Waals surface area (Å²) in [4.78, 5) is 37.5. The van der Waals surface area contributed by atoms with E-state index in [1.165, 1.54) is 12.6 Å². The molecule has 3 aromatic carbocycles. The van der Waals surface area contributed by atoms with Crippen LogP contribution in [0.4, 0.5) is 5.69 Å². The number of nitrogens with zero attached hydrogens (tertiary/aromatic N) is 4. The van der Waals surface area contributed by atoms with Crippen LogP contribution >= 0.6 is 0 Å². The molecule has 46 heavy (non-hydrogen) atoms. The minimum atomic E-state index is -3.53. The summed E-state index contributed by atoms with van der Waals surface area (Å²) in [5.41, 5.74) is 5.74.